The molecule has 2 unspecified atom stereocenters. The molecule has 0 aliphatic carbocycles. The predicted molar refractivity (Wildman–Crippen MR) is 45.1 cm³/mol. The molecule has 0 aromatic heterocycles. The molecule has 3 nitrogen and oxygen atoms in total. The standard InChI is InChI=1S/C8H19NO2/c1-6(2)8(3,5-10)7(11)4-9/h6-7,10-11H,4-5,9H2,1-3H3. The summed E-state index contributed by atoms with van der Waals surface area (Å²) >= 11 is 0. The summed E-state index contributed by atoms with van der Waals surface area (Å²) in [6.07, 6.45) is -0.618. The lowest BCUT2D eigenvalue weighted by Crippen LogP contribution is -2.44. The Hall–Kier alpha value is -0.120. The molecule has 0 radical (unpaired) electrons. The van der Waals surface area contributed by atoms with E-state index in [1.54, 1.807) is 0 Å². The SMILES string of the molecule is CC(C)C(C)(CO)C(O)CN. The Balaban J connectivity index is 4.32. The summed E-state index contributed by atoms with van der Waals surface area (Å²) in [4.78, 5) is 0. The average Bonchev–Trinajstić information content (AvgIpc) is 2.01. The van der Waals surface area contributed by atoms with Gasteiger partial charge in [0.25, 0.3) is 0 Å². The fourth-order valence-corrected chi connectivity index (χ4v) is 0.942. The largest absolute Gasteiger partial charge is 0.396 e. The molecule has 0 spiro atoms. The Morgan fingerprint density at radius 1 is 1.45 bits per heavy atom. The molecule has 0 heterocycles. The number of hydrogen-bond acceptors (Lipinski definition) is 3. The first-order valence-electron chi connectivity index (χ1n) is 3.98. The second-order valence-electron chi connectivity index (χ2n) is 3.57. The Morgan fingerprint density at radius 2 is 1.91 bits per heavy atom. The molecule has 68 valence electrons. The van der Waals surface area contributed by atoms with Crippen LogP contribution in [-0.4, -0.2) is 29.5 Å². The zero-order valence-electron chi connectivity index (χ0n) is 7.54. The fourth-order valence-electron chi connectivity index (χ4n) is 0.942. The molecule has 0 saturated carbocycles. The van der Waals surface area contributed by atoms with Gasteiger partial charge in [-0.2, -0.15) is 0 Å². The van der Waals surface area contributed by atoms with E-state index in [2.05, 4.69) is 0 Å². The van der Waals surface area contributed by atoms with Gasteiger partial charge in [-0.1, -0.05) is 20.8 Å². The second kappa shape index (κ2) is 4.04. The summed E-state index contributed by atoms with van der Waals surface area (Å²) in [5, 5.41) is 18.5. The smallest absolute Gasteiger partial charge is 0.0740 e. The van der Waals surface area contributed by atoms with Gasteiger partial charge in [-0.3, -0.25) is 0 Å². The third-order valence-corrected chi connectivity index (χ3v) is 2.64. The van der Waals surface area contributed by atoms with Crippen molar-refractivity contribution in [1.82, 2.24) is 0 Å². The summed E-state index contributed by atoms with van der Waals surface area (Å²) in [6, 6.07) is 0. The zero-order valence-corrected chi connectivity index (χ0v) is 7.54. The molecule has 0 rings (SSSR count). The summed E-state index contributed by atoms with van der Waals surface area (Å²) in [5.74, 6) is 0.228. The molecule has 0 amide bonds. The minimum absolute atomic E-state index is 0.0248. The van der Waals surface area contributed by atoms with Crippen LogP contribution in [0, 0.1) is 11.3 Å². The molecular weight excluding hydrogens is 142 g/mol. The Morgan fingerprint density at radius 3 is 2.00 bits per heavy atom. The Labute approximate surface area is 68.2 Å². The zero-order chi connectivity index (χ0) is 9.07. The third-order valence-electron chi connectivity index (χ3n) is 2.64. The van der Waals surface area contributed by atoms with Gasteiger partial charge in [0.2, 0.25) is 0 Å². The van der Waals surface area contributed by atoms with Crippen molar-refractivity contribution in [1.29, 1.82) is 0 Å². The van der Waals surface area contributed by atoms with E-state index in [4.69, 9.17) is 10.8 Å². The predicted octanol–water partition coefficient (Wildman–Crippen LogP) is -0.0394. The molecule has 0 aliphatic rings. The van der Waals surface area contributed by atoms with Crippen molar-refractivity contribution in [3.05, 3.63) is 0 Å². The van der Waals surface area contributed by atoms with Crippen LogP contribution in [0.2, 0.25) is 0 Å². The Bertz CT molecular complexity index is 117. The van der Waals surface area contributed by atoms with Crippen LogP contribution in [0.5, 0.6) is 0 Å². The highest BCUT2D eigenvalue weighted by Crippen LogP contribution is 2.29. The molecule has 0 aromatic rings. The van der Waals surface area contributed by atoms with Crippen LogP contribution in [0.15, 0.2) is 0 Å². The van der Waals surface area contributed by atoms with Crippen LogP contribution >= 0.6 is 0 Å². The lowest BCUT2D eigenvalue weighted by atomic mass is 9.75. The van der Waals surface area contributed by atoms with E-state index in [1.165, 1.54) is 0 Å². The molecule has 0 saturated heterocycles. The van der Waals surface area contributed by atoms with Crippen molar-refractivity contribution in [2.45, 2.75) is 26.9 Å². The van der Waals surface area contributed by atoms with E-state index in [-0.39, 0.29) is 19.1 Å². The first-order valence-corrected chi connectivity index (χ1v) is 3.98. The van der Waals surface area contributed by atoms with E-state index in [1.807, 2.05) is 20.8 Å². The number of hydrogen-bond donors (Lipinski definition) is 3. The maximum absolute atomic E-state index is 9.46. The first kappa shape index (κ1) is 10.9. The highest BCUT2D eigenvalue weighted by molar-refractivity contribution is 4.84. The van der Waals surface area contributed by atoms with Gasteiger partial charge in [-0.25, -0.2) is 0 Å². The molecule has 3 heteroatoms. The van der Waals surface area contributed by atoms with Crippen molar-refractivity contribution in [3.63, 3.8) is 0 Å². The summed E-state index contributed by atoms with van der Waals surface area (Å²) in [6.45, 7) is 5.96. The van der Waals surface area contributed by atoms with Crippen molar-refractivity contribution in [2.24, 2.45) is 17.1 Å². The van der Waals surface area contributed by atoms with E-state index >= 15 is 0 Å². The minimum atomic E-state index is -0.618. The van der Waals surface area contributed by atoms with Gasteiger partial charge in [0.15, 0.2) is 0 Å². The molecule has 0 aromatic carbocycles. The van der Waals surface area contributed by atoms with E-state index < -0.39 is 11.5 Å². The van der Waals surface area contributed by atoms with E-state index in [9.17, 15) is 5.11 Å². The lowest BCUT2D eigenvalue weighted by Gasteiger charge is -2.35. The minimum Gasteiger partial charge on any atom is -0.396 e. The van der Waals surface area contributed by atoms with Crippen molar-refractivity contribution < 1.29 is 10.2 Å². The van der Waals surface area contributed by atoms with Gasteiger partial charge in [-0.05, 0) is 5.92 Å². The summed E-state index contributed by atoms with van der Waals surface area (Å²) in [5.41, 5.74) is 4.85. The first-order chi connectivity index (χ1) is 4.99. The highest BCUT2D eigenvalue weighted by Gasteiger charge is 2.34. The number of rotatable bonds is 4. The lowest BCUT2D eigenvalue weighted by molar-refractivity contribution is -0.0309. The molecule has 2 atom stereocenters. The van der Waals surface area contributed by atoms with E-state index in [0.29, 0.717) is 0 Å². The normalized spacial score (nSPS) is 19.9. The molecular formula is C8H19NO2. The van der Waals surface area contributed by atoms with Crippen LogP contribution < -0.4 is 5.73 Å². The van der Waals surface area contributed by atoms with Crippen LogP contribution in [0.4, 0.5) is 0 Å². The molecule has 0 fully saturated rings. The summed E-state index contributed by atoms with van der Waals surface area (Å²) < 4.78 is 0. The second-order valence-corrected chi connectivity index (χ2v) is 3.57. The van der Waals surface area contributed by atoms with Gasteiger partial charge in [0.05, 0.1) is 12.7 Å². The molecule has 11 heavy (non-hydrogen) atoms. The van der Waals surface area contributed by atoms with Crippen molar-refractivity contribution >= 4 is 0 Å². The molecule has 4 N–H and O–H groups in total. The fraction of sp³-hybridized carbons (Fsp3) is 1.00. The van der Waals surface area contributed by atoms with Crippen molar-refractivity contribution in [2.75, 3.05) is 13.2 Å². The van der Waals surface area contributed by atoms with Crippen LogP contribution in [-0.2, 0) is 0 Å². The van der Waals surface area contributed by atoms with Gasteiger partial charge >= 0.3 is 0 Å². The number of aliphatic hydroxyl groups is 2. The van der Waals surface area contributed by atoms with Crippen LogP contribution in [0.25, 0.3) is 0 Å². The summed E-state index contributed by atoms with van der Waals surface area (Å²) in [7, 11) is 0. The van der Waals surface area contributed by atoms with Gasteiger partial charge in [0, 0.05) is 12.0 Å². The van der Waals surface area contributed by atoms with Gasteiger partial charge in [-0.15, -0.1) is 0 Å². The van der Waals surface area contributed by atoms with Gasteiger partial charge in [0.1, 0.15) is 0 Å². The van der Waals surface area contributed by atoms with Crippen LogP contribution in [0.1, 0.15) is 20.8 Å². The monoisotopic (exact) mass is 161 g/mol. The molecule has 0 bridgehead atoms. The average molecular weight is 161 g/mol. The van der Waals surface area contributed by atoms with Crippen LogP contribution in [0.3, 0.4) is 0 Å². The third kappa shape index (κ3) is 2.15. The quantitative estimate of drug-likeness (QED) is 0.542. The molecule has 0 aliphatic heterocycles. The number of aliphatic hydroxyl groups excluding tert-OH is 2. The Kier molecular flexibility index (Phi) is 4.00. The van der Waals surface area contributed by atoms with E-state index in [0.717, 1.165) is 0 Å². The maximum atomic E-state index is 9.46. The highest BCUT2D eigenvalue weighted by atomic mass is 16.3. The van der Waals surface area contributed by atoms with Crippen molar-refractivity contribution in [3.8, 4) is 0 Å². The topological polar surface area (TPSA) is 66.5 Å². The maximum Gasteiger partial charge on any atom is 0.0740 e. The number of nitrogens with two attached hydrogens (primary N) is 1. The van der Waals surface area contributed by atoms with Gasteiger partial charge < -0.3 is 15.9 Å².